The van der Waals surface area contributed by atoms with Gasteiger partial charge in [0.15, 0.2) is 22.9 Å². The maximum atomic E-state index is 13.4. The number of hydrogen-bond donors (Lipinski definition) is 7. The number of ketones is 1. The van der Waals surface area contributed by atoms with E-state index in [2.05, 4.69) is 101 Å². The number of pyridine rings is 7. The molecule has 14 heterocycles. The molecule has 0 unspecified atom stereocenters. The Bertz CT molecular complexity index is 8160. The Morgan fingerprint density at radius 3 is 1.38 bits per heavy atom. The second-order valence-corrected chi connectivity index (χ2v) is 30.7. The number of aryl methyl sites for hydroxylation is 2. The van der Waals surface area contributed by atoms with E-state index in [9.17, 15) is 55.1 Å². The van der Waals surface area contributed by atoms with Crippen molar-refractivity contribution in [3.05, 3.63) is 323 Å². The summed E-state index contributed by atoms with van der Waals surface area (Å²) in [6.07, 6.45) is 6.61. The van der Waals surface area contributed by atoms with Crippen LogP contribution < -0.4 is 25.1 Å². The van der Waals surface area contributed by atoms with E-state index < -0.39 is 17.9 Å². The van der Waals surface area contributed by atoms with Crippen molar-refractivity contribution in [2.75, 3.05) is 0 Å². The fraction of sp³-hybridized carbons (Fsp3) is 0.0918. The fourth-order valence-electron chi connectivity index (χ4n) is 14.0. The lowest BCUT2D eigenvalue weighted by atomic mass is 10.1. The highest BCUT2D eigenvalue weighted by molar-refractivity contribution is 6.29. The van der Waals surface area contributed by atoms with Crippen molar-refractivity contribution in [3.8, 4) is 96.2 Å². The van der Waals surface area contributed by atoms with Gasteiger partial charge in [-0.1, -0.05) is 115 Å². The third-order valence-electron chi connectivity index (χ3n) is 20.3. The van der Waals surface area contributed by atoms with Gasteiger partial charge in [-0.2, -0.15) is 35.7 Å². The maximum absolute atomic E-state index is 13.4. The highest BCUT2D eigenvalue weighted by Crippen LogP contribution is 2.35. The lowest BCUT2D eigenvalue weighted by Crippen LogP contribution is -2.25. The topological polar surface area (TPSA) is 414 Å². The van der Waals surface area contributed by atoms with Gasteiger partial charge in [-0.15, -0.1) is 0 Å². The molecule has 0 radical (unpaired) electrons. The number of halogens is 7. The van der Waals surface area contributed by atoms with Gasteiger partial charge in [-0.05, 0) is 128 Å². The number of nitrogens with one attached hydrogen (secondary N) is 7. The van der Waals surface area contributed by atoms with E-state index in [0.29, 0.717) is 162 Å². The smallest absolute Gasteiger partial charge is 0.309 e. The number of esters is 3. The first-order chi connectivity index (χ1) is 65.6. The monoisotopic (exact) mass is 1850 g/mol. The van der Waals surface area contributed by atoms with Gasteiger partial charge in [0.2, 0.25) is 11.4 Å². The largest absolute Gasteiger partial charge is 0.425 e. The number of Topliss-reactive ketones (excluding diaryl/α,β-unsaturated/α-hetero) is 1. The van der Waals surface area contributed by atoms with Crippen LogP contribution in [0.3, 0.4) is 0 Å². The van der Waals surface area contributed by atoms with E-state index >= 15 is 0 Å². The number of carbonyl (C=O) groups excluding carboxylic acids is 5. The first kappa shape index (κ1) is 91.4. The number of nitrogens with zero attached hydrogens (tertiary/aromatic N) is 15. The molecule has 1 aliphatic carbocycles. The maximum Gasteiger partial charge on any atom is 0.309 e. The summed E-state index contributed by atoms with van der Waals surface area (Å²) in [6.45, 7) is 5.40. The zero-order chi connectivity index (χ0) is 95.4. The van der Waals surface area contributed by atoms with Crippen LogP contribution >= 0.6 is 11.6 Å². The average molecular weight is 1850 g/mol. The third-order valence-corrected chi connectivity index (χ3v) is 20.5. The summed E-state index contributed by atoms with van der Waals surface area (Å²) in [5, 5.41) is 47.9. The second kappa shape index (κ2) is 40.6. The molecule has 1 aliphatic rings. The van der Waals surface area contributed by atoms with Gasteiger partial charge < -0.3 is 24.5 Å². The number of aromatic amines is 6. The van der Waals surface area contributed by atoms with Gasteiger partial charge >= 0.3 is 17.9 Å². The number of amides is 1. The van der Waals surface area contributed by atoms with Gasteiger partial charge in [0.05, 0.1) is 62.3 Å². The van der Waals surface area contributed by atoms with E-state index in [1.54, 1.807) is 157 Å². The predicted octanol–water partition coefficient (Wildman–Crippen LogP) is 19.0. The first-order valence-corrected chi connectivity index (χ1v) is 41.8. The molecule has 7 N–H and O–H groups in total. The fourth-order valence-corrected chi connectivity index (χ4v) is 14.2. The van der Waals surface area contributed by atoms with E-state index in [0.717, 1.165) is 40.5 Å². The normalized spacial score (nSPS) is 11.4. The molecule has 31 nitrogen and oxygen atoms in total. The number of aromatic nitrogens is 21. The Hall–Kier alpha value is -17.9. The van der Waals surface area contributed by atoms with Gasteiger partial charge in [0, 0.05) is 123 Å². The molecule has 1 saturated carbocycles. The van der Waals surface area contributed by atoms with Crippen LogP contribution in [0.5, 0.6) is 17.4 Å². The molecule has 7 aromatic carbocycles. The van der Waals surface area contributed by atoms with Crippen LogP contribution in [0.4, 0.5) is 26.3 Å². The number of fused-ring (bicyclic) bond motifs is 7. The third kappa shape index (κ3) is 21.9. The first-order valence-electron chi connectivity index (χ1n) is 41.4. The summed E-state index contributed by atoms with van der Waals surface area (Å²) in [5.41, 5.74) is 18.3. The Morgan fingerprint density at radius 1 is 0.397 bits per heavy atom. The highest BCUT2D eigenvalue weighted by atomic mass is 35.5. The Morgan fingerprint density at radius 2 is 0.853 bits per heavy atom. The summed E-state index contributed by atoms with van der Waals surface area (Å²) in [6, 6.07) is 65.5. The van der Waals surface area contributed by atoms with Gasteiger partial charge in [0.25, 0.3) is 5.91 Å². The Balaban J connectivity index is 0.000000115. The van der Waals surface area contributed by atoms with Crippen LogP contribution in [0.25, 0.3) is 156 Å². The van der Waals surface area contributed by atoms with Gasteiger partial charge in [-0.3, -0.25) is 63.6 Å². The summed E-state index contributed by atoms with van der Waals surface area (Å²) >= 11 is 5.84. The van der Waals surface area contributed by atoms with Gasteiger partial charge in [0.1, 0.15) is 107 Å². The van der Waals surface area contributed by atoms with Crippen molar-refractivity contribution in [2.24, 2.45) is 14.1 Å². The molecule has 21 aromatic rings. The molecule has 22 rings (SSSR count). The zero-order valence-corrected chi connectivity index (χ0v) is 73.1. The minimum Gasteiger partial charge on any atom is -0.425 e. The summed E-state index contributed by atoms with van der Waals surface area (Å²) in [7, 11) is 3.53. The van der Waals surface area contributed by atoms with E-state index in [-0.39, 0.29) is 58.0 Å². The molecule has 0 atom stereocenters. The molecule has 678 valence electrons. The van der Waals surface area contributed by atoms with E-state index in [4.69, 9.17) is 25.8 Å². The molecule has 0 saturated heterocycles. The summed E-state index contributed by atoms with van der Waals surface area (Å²) < 4.78 is 97.7. The number of ether oxygens (including phenoxy) is 3. The van der Waals surface area contributed by atoms with Crippen molar-refractivity contribution >= 4 is 118 Å². The van der Waals surface area contributed by atoms with Crippen LogP contribution in [-0.2, 0) is 28.5 Å². The van der Waals surface area contributed by atoms with Crippen LogP contribution in [-0.4, -0.2) is 141 Å². The lowest BCUT2D eigenvalue weighted by Gasteiger charge is -2.03. The molecular formula is C98H73ClF6N22O9. The van der Waals surface area contributed by atoms with Crippen LogP contribution in [0.2, 0.25) is 5.15 Å². The second-order valence-electron chi connectivity index (χ2n) is 30.3. The van der Waals surface area contributed by atoms with E-state index in [1.165, 1.54) is 119 Å². The van der Waals surface area contributed by atoms with Crippen LogP contribution in [0, 0.1) is 34.9 Å². The molecule has 0 aliphatic heterocycles. The summed E-state index contributed by atoms with van der Waals surface area (Å²) in [4.78, 5) is 95.9. The van der Waals surface area contributed by atoms with Crippen molar-refractivity contribution in [3.63, 3.8) is 0 Å². The quantitative estimate of drug-likeness (QED) is 0.0244. The van der Waals surface area contributed by atoms with E-state index in [1.807, 2.05) is 36.4 Å². The summed E-state index contributed by atoms with van der Waals surface area (Å²) in [5.74, 6) is -2.57. The minimum absolute atomic E-state index is 0.0629. The van der Waals surface area contributed by atoms with Crippen molar-refractivity contribution < 1.29 is 64.5 Å². The molecule has 38 heteroatoms. The van der Waals surface area contributed by atoms with Gasteiger partial charge in [-0.25, -0.2) is 56.2 Å². The van der Waals surface area contributed by atoms with Crippen molar-refractivity contribution in [1.82, 2.24) is 111 Å². The number of benzene rings is 7. The number of carbonyl (C=O) groups is 5. The van der Waals surface area contributed by atoms with Crippen LogP contribution in [0.1, 0.15) is 61.4 Å². The predicted molar refractivity (Wildman–Crippen MR) is 497 cm³/mol. The zero-order valence-electron chi connectivity index (χ0n) is 72.3. The average Bonchev–Trinajstić information content (AvgIpc) is 1.62. The van der Waals surface area contributed by atoms with Crippen molar-refractivity contribution in [1.29, 1.82) is 0 Å². The molecule has 14 aromatic heterocycles. The molecule has 1 fully saturated rings. The SMILES string of the molecule is CC(=O)Oc1ccc2c(n1)c(-c1cccc(F)c1)nn2C.CC(=O)Oc1cnc2c(-c3cccc(F)c3)n[nH]c2c1.CC(=O)Oc1cnc2c(-c3cccc(F)c3)nn(C)c2c1.CC(=O)c1ccc2[nH]nc(-c3cccc(F)c3)c2n1.Fc1cccc(-c2n[nH]c3ccc(Cl)nc23)c1.O=C(NC1CC1)c1cnc2n[nH]c(-c3ccccc3)c2c1.O=c1ccc2[nH]nc(-c3cccc(F)c3)c2[nH]1. The molecule has 136 heavy (non-hydrogen) atoms. The number of H-pyrrole nitrogens is 6. The number of hydrogen-bond acceptors (Lipinski definition) is 22. The Kier molecular flexibility index (Phi) is 27.3. The number of rotatable bonds is 13. The Labute approximate surface area is 769 Å². The lowest BCUT2D eigenvalue weighted by molar-refractivity contribution is -0.133. The molecule has 0 bridgehead atoms. The molecule has 1 amide bonds. The minimum atomic E-state index is -0.446. The standard InChI is InChI=1S/C16H14N4O.2C15H12FN3O2.C14H10FN3O2.C14H10FN3O.C12H7ClFN3.C12H8FN3O/c21-16(18-12-6-7-12)11-8-13-14(10-4-2-1-3-5-10)19-20-15(13)17-9-11;1-9(20)21-12-7-13-15(17-8-12)14(18-19(13)2)10-4-3-5-11(16)6-10;1-9(20)21-13-7-6-12-15(17-13)14(18-19(12)2)10-4-3-5-11(16)8-10;1-8(19)20-11-6-12-14(16-7-11)13(18-17-12)9-3-2-4-10(15)5-9;1-8(19)11-5-6-12-14(16-11)13(18-17-12)9-3-2-4-10(15)7-9;13-10-5-4-9-12(15-10)11(17-16-9)7-2-1-3-8(14)6-7;13-8-3-1-2-7(6-8)11-12-9(15-16-11)4-5-10(17)14-12/h1-5,8-9,12H,6-7H2,(H,18,21)(H,17,19,20);2*3-8H,1-2H3;2-7H,1H3,(H,17,18);2-7H,1H3,(H,17,18);1-6H,(H,16,17);1-6H,(H,14,17)(H,15,16). The highest BCUT2D eigenvalue weighted by Gasteiger charge is 2.26. The molecule has 0 spiro atoms. The van der Waals surface area contributed by atoms with Crippen molar-refractivity contribution in [2.45, 2.75) is 46.6 Å². The molecular weight excluding hydrogens is 1780 g/mol. The van der Waals surface area contributed by atoms with Crippen LogP contribution in [0.15, 0.2) is 266 Å².